The van der Waals surface area contributed by atoms with Gasteiger partial charge in [0.1, 0.15) is 0 Å². The zero-order chi connectivity index (χ0) is 15.0. The van der Waals surface area contributed by atoms with Crippen molar-refractivity contribution in [2.45, 2.75) is 26.0 Å². The first-order valence-corrected chi connectivity index (χ1v) is 7.24. The predicted octanol–water partition coefficient (Wildman–Crippen LogP) is 3.14. The monoisotopic (exact) mass is 344 g/mol. The van der Waals surface area contributed by atoms with Crippen LogP contribution in [-0.2, 0) is 16.1 Å². The minimum absolute atomic E-state index is 0.00183. The first-order valence-electron chi connectivity index (χ1n) is 6.45. The van der Waals surface area contributed by atoms with Gasteiger partial charge in [-0.1, -0.05) is 28.9 Å². The largest absolute Gasteiger partial charge is 0.383 e. The fourth-order valence-electron chi connectivity index (χ4n) is 1.77. The first-order chi connectivity index (χ1) is 9.62. The number of rotatable bonds is 7. The zero-order valence-electron chi connectivity index (χ0n) is 12.0. The number of carbonyl (C=O) groups is 1. The van der Waals surface area contributed by atoms with Crippen molar-refractivity contribution in [3.63, 3.8) is 0 Å². The van der Waals surface area contributed by atoms with Gasteiger partial charge in [0.2, 0.25) is 0 Å². The maximum absolute atomic E-state index is 12.0. The molecule has 0 fully saturated rings. The molecule has 0 saturated heterocycles. The number of benzene rings is 1. The molecule has 0 aliphatic carbocycles. The minimum atomic E-state index is -0.246. The third-order valence-electron chi connectivity index (χ3n) is 2.85. The van der Waals surface area contributed by atoms with Crippen molar-refractivity contribution in [1.82, 2.24) is 5.32 Å². The van der Waals surface area contributed by atoms with Gasteiger partial charge in [-0.15, -0.1) is 0 Å². The molecule has 2 N–H and O–H groups in total. The SMILES string of the molecule is CC[C@H](COC)NC(=O)Nc1cccc(Br)c1COC. The van der Waals surface area contributed by atoms with E-state index in [1.54, 1.807) is 14.2 Å². The zero-order valence-corrected chi connectivity index (χ0v) is 13.6. The molecule has 112 valence electrons. The number of amides is 2. The highest BCUT2D eigenvalue weighted by molar-refractivity contribution is 9.10. The van der Waals surface area contributed by atoms with Crippen LogP contribution in [0.4, 0.5) is 10.5 Å². The van der Waals surface area contributed by atoms with Crippen LogP contribution in [0, 0.1) is 0 Å². The van der Waals surface area contributed by atoms with Gasteiger partial charge in [-0.2, -0.15) is 0 Å². The maximum Gasteiger partial charge on any atom is 0.319 e. The summed E-state index contributed by atoms with van der Waals surface area (Å²) in [5.41, 5.74) is 1.64. The summed E-state index contributed by atoms with van der Waals surface area (Å²) < 4.78 is 11.1. The van der Waals surface area contributed by atoms with Crippen molar-refractivity contribution in [3.8, 4) is 0 Å². The van der Waals surface area contributed by atoms with E-state index in [2.05, 4.69) is 26.6 Å². The summed E-state index contributed by atoms with van der Waals surface area (Å²) in [5, 5.41) is 5.72. The number of anilines is 1. The summed E-state index contributed by atoms with van der Waals surface area (Å²) in [6.45, 7) is 2.92. The molecule has 20 heavy (non-hydrogen) atoms. The second kappa shape index (κ2) is 8.94. The van der Waals surface area contributed by atoms with Crippen molar-refractivity contribution in [1.29, 1.82) is 0 Å². The van der Waals surface area contributed by atoms with Gasteiger partial charge in [-0.25, -0.2) is 4.79 Å². The van der Waals surface area contributed by atoms with E-state index >= 15 is 0 Å². The van der Waals surface area contributed by atoms with Crippen molar-refractivity contribution in [2.24, 2.45) is 0 Å². The molecule has 6 heteroatoms. The molecule has 1 aromatic carbocycles. The fraction of sp³-hybridized carbons (Fsp3) is 0.500. The van der Waals surface area contributed by atoms with Crippen LogP contribution in [-0.4, -0.2) is 32.9 Å². The van der Waals surface area contributed by atoms with Gasteiger partial charge >= 0.3 is 6.03 Å². The molecule has 0 bridgehead atoms. The number of methoxy groups -OCH3 is 2. The highest BCUT2D eigenvalue weighted by Crippen LogP contribution is 2.25. The second-order valence-corrected chi connectivity index (χ2v) is 5.21. The Kier molecular flexibility index (Phi) is 7.58. The number of hydrogen-bond donors (Lipinski definition) is 2. The van der Waals surface area contributed by atoms with Gasteiger partial charge in [-0.05, 0) is 18.6 Å². The second-order valence-electron chi connectivity index (χ2n) is 4.36. The summed E-state index contributed by atoms with van der Waals surface area (Å²) in [7, 11) is 3.24. The molecule has 0 heterocycles. The number of carbonyl (C=O) groups excluding carboxylic acids is 1. The van der Waals surface area contributed by atoms with E-state index < -0.39 is 0 Å². The molecule has 0 aliphatic heterocycles. The lowest BCUT2D eigenvalue weighted by Crippen LogP contribution is -2.40. The van der Waals surface area contributed by atoms with Crippen LogP contribution in [0.5, 0.6) is 0 Å². The molecule has 0 radical (unpaired) electrons. The van der Waals surface area contributed by atoms with E-state index in [-0.39, 0.29) is 12.1 Å². The van der Waals surface area contributed by atoms with Crippen molar-refractivity contribution in [3.05, 3.63) is 28.2 Å². The molecule has 0 spiro atoms. The van der Waals surface area contributed by atoms with Crippen LogP contribution in [0.15, 0.2) is 22.7 Å². The van der Waals surface area contributed by atoms with Gasteiger partial charge in [0, 0.05) is 29.9 Å². The molecule has 5 nitrogen and oxygen atoms in total. The van der Waals surface area contributed by atoms with E-state index in [1.165, 1.54) is 0 Å². The summed E-state index contributed by atoms with van der Waals surface area (Å²) in [6.07, 6.45) is 0.810. The van der Waals surface area contributed by atoms with Crippen LogP contribution >= 0.6 is 15.9 Å². The molecular weight excluding hydrogens is 324 g/mol. The van der Waals surface area contributed by atoms with E-state index in [0.29, 0.717) is 13.2 Å². The highest BCUT2D eigenvalue weighted by atomic mass is 79.9. The molecule has 1 aromatic rings. The quantitative estimate of drug-likeness (QED) is 0.798. The Balaban J connectivity index is 2.72. The van der Waals surface area contributed by atoms with Gasteiger partial charge in [0.25, 0.3) is 0 Å². The molecule has 0 aromatic heterocycles. The van der Waals surface area contributed by atoms with E-state index in [9.17, 15) is 4.79 Å². The van der Waals surface area contributed by atoms with Crippen LogP contribution in [0.25, 0.3) is 0 Å². The summed E-state index contributed by atoms with van der Waals surface area (Å²) in [5.74, 6) is 0. The summed E-state index contributed by atoms with van der Waals surface area (Å²) >= 11 is 3.46. The minimum Gasteiger partial charge on any atom is -0.383 e. The van der Waals surface area contributed by atoms with Gasteiger partial charge in [-0.3, -0.25) is 0 Å². The first kappa shape index (κ1) is 16.9. The number of urea groups is 1. The Morgan fingerprint density at radius 2 is 2.10 bits per heavy atom. The Morgan fingerprint density at radius 3 is 2.70 bits per heavy atom. The van der Waals surface area contributed by atoms with Crippen LogP contribution in [0.3, 0.4) is 0 Å². The average Bonchev–Trinajstić information content (AvgIpc) is 2.42. The maximum atomic E-state index is 12.0. The molecular formula is C14H21BrN2O3. The van der Waals surface area contributed by atoms with E-state index in [4.69, 9.17) is 9.47 Å². The Labute approximate surface area is 128 Å². The van der Waals surface area contributed by atoms with Gasteiger partial charge < -0.3 is 20.1 Å². The normalized spacial score (nSPS) is 12.0. The average molecular weight is 345 g/mol. The topological polar surface area (TPSA) is 59.6 Å². The van der Waals surface area contributed by atoms with Gasteiger partial charge in [0.15, 0.2) is 0 Å². The van der Waals surface area contributed by atoms with Crippen LogP contribution < -0.4 is 10.6 Å². The number of halogens is 1. The Hall–Kier alpha value is -1.11. The van der Waals surface area contributed by atoms with Crippen LogP contribution in [0.2, 0.25) is 0 Å². The lowest BCUT2D eigenvalue weighted by molar-refractivity contribution is 0.165. The molecule has 1 atom stereocenters. The Bertz CT molecular complexity index is 440. The Morgan fingerprint density at radius 1 is 1.35 bits per heavy atom. The standard InChI is InChI=1S/C14H21BrN2O3/c1-4-10(8-19-2)16-14(18)17-13-7-5-6-12(15)11(13)9-20-3/h5-7,10H,4,8-9H2,1-3H3,(H2,16,17,18)/t10-/m1/s1. The van der Waals surface area contributed by atoms with Crippen molar-refractivity contribution in [2.75, 3.05) is 26.1 Å². The predicted molar refractivity (Wildman–Crippen MR) is 83.0 cm³/mol. The van der Waals surface area contributed by atoms with Crippen molar-refractivity contribution < 1.29 is 14.3 Å². The molecule has 0 saturated carbocycles. The smallest absolute Gasteiger partial charge is 0.319 e. The van der Waals surface area contributed by atoms with E-state index in [0.717, 1.165) is 22.1 Å². The summed E-state index contributed by atoms with van der Waals surface area (Å²) in [4.78, 5) is 12.0. The third-order valence-corrected chi connectivity index (χ3v) is 3.59. The van der Waals surface area contributed by atoms with Gasteiger partial charge in [0.05, 0.1) is 19.3 Å². The molecule has 0 unspecified atom stereocenters. The third kappa shape index (κ3) is 5.11. The highest BCUT2D eigenvalue weighted by Gasteiger charge is 2.13. The number of nitrogens with one attached hydrogen (secondary N) is 2. The number of ether oxygens (including phenoxy) is 2. The van der Waals surface area contributed by atoms with E-state index in [1.807, 2.05) is 25.1 Å². The lowest BCUT2D eigenvalue weighted by Gasteiger charge is -2.18. The van der Waals surface area contributed by atoms with Crippen LogP contribution in [0.1, 0.15) is 18.9 Å². The molecule has 0 aliphatic rings. The molecule has 2 amide bonds. The molecule has 1 rings (SSSR count). The lowest BCUT2D eigenvalue weighted by atomic mass is 10.2. The van der Waals surface area contributed by atoms with Crippen molar-refractivity contribution >= 4 is 27.6 Å². The number of hydrogen-bond acceptors (Lipinski definition) is 3. The fourth-order valence-corrected chi connectivity index (χ4v) is 2.25. The summed E-state index contributed by atoms with van der Waals surface area (Å²) in [6, 6.07) is 5.38.